The lowest BCUT2D eigenvalue weighted by atomic mass is 10.2. The van der Waals surface area contributed by atoms with Crippen LogP contribution in [0, 0.1) is 0 Å². The molecule has 0 spiro atoms. The van der Waals surface area contributed by atoms with E-state index < -0.39 is 6.04 Å². The Bertz CT molecular complexity index is 258. The molecule has 0 aromatic heterocycles. The van der Waals surface area contributed by atoms with Crippen LogP contribution in [-0.2, 0) is 4.79 Å². The van der Waals surface area contributed by atoms with Crippen molar-refractivity contribution in [3.8, 4) is 0 Å². The summed E-state index contributed by atoms with van der Waals surface area (Å²) in [5.74, 6) is 0.365. The van der Waals surface area contributed by atoms with Gasteiger partial charge < -0.3 is 15.3 Å². The van der Waals surface area contributed by atoms with E-state index in [0.717, 1.165) is 11.8 Å². The van der Waals surface area contributed by atoms with Crippen molar-refractivity contribution in [1.82, 2.24) is 10.2 Å². The topological polar surface area (TPSA) is 69.6 Å². The fourth-order valence-electron chi connectivity index (χ4n) is 1.45. The summed E-state index contributed by atoms with van der Waals surface area (Å²) in [7, 11) is 0. The smallest absolute Gasteiger partial charge is 0.279 e. The molecular formula is C9H16N2O3S. The zero-order valence-electron chi connectivity index (χ0n) is 8.90. The van der Waals surface area contributed by atoms with Crippen molar-refractivity contribution in [2.24, 2.45) is 0 Å². The van der Waals surface area contributed by atoms with E-state index in [1.807, 2.05) is 13.8 Å². The molecule has 15 heavy (non-hydrogen) atoms. The Hall–Kier alpha value is -0.750. The molecule has 0 aromatic rings. The van der Waals surface area contributed by atoms with Gasteiger partial charge in [0.2, 0.25) is 5.91 Å². The van der Waals surface area contributed by atoms with Gasteiger partial charge >= 0.3 is 0 Å². The molecule has 1 rings (SSSR count). The summed E-state index contributed by atoms with van der Waals surface area (Å²) >= 11 is 1.12. The number of carbonyl (C=O) groups excluding carboxylic acids is 2. The summed E-state index contributed by atoms with van der Waals surface area (Å²) in [6, 6.07) is -0.399. The van der Waals surface area contributed by atoms with Crippen molar-refractivity contribution >= 4 is 22.9 Å². The molecule has 6 heteroatoms. The van der Waals surface area contributed by atoms with Gasteiger partial charge in [-0.25, -0.2) is 0 Å². The molecule has 1 saturated heterocycles. The first-order valence-corrected chi connectivity index (χ1v) is 5.89. The number of aliphatic hydroxyl groups excluding tert-OH is 1. The number of aliphatic hydroxyl groups is 1. The van der Waals surface area contributed by atoms with Gasteiger partial charge in [0.15, 0.2) is 0 Å². The number of hydrogen-bond donors (Lipinski definition) is 2. The maximum absolute atomic E-state index is 11.9. The first kappa shape index (κ1) is 12.3. The lowest BCUT2D eigenvalue weighted by Crippen LogP contribution is -2.49. The van der Waals surface area contributed by atoms with Gasteiger partial charge in [0.1, 0.15) is 6.04 Å². The Kier molecular flexibility index (Phi) is 4.41. The Morgan fingerprint density at radius 3 is 2.80 bits per heavy atom. The maximum Gasteiger partial charge on any atom is 0.279 e. The summed E-state index contributed by atoms with van der Waals surface area (Å²) < 4.78 is 0. The molecule has 0 bridgehead atoms. The average Bonchev–Trinajstić information content (AvgIpc) is 2.59. The van der Waals surface area contributed by atoms with Crippen LogP contribution in [0.1, 0.15) is 13.8 Å². The van der Waals surface area contributed by atoms with E-state index in [1.165, 1.54) is 0 Å². The van der Waals surface area contributed by atoms with Gasteiger partial charge in [-0.1, -0.05) is 11.8 Å². The van der Waals surface area contributed by atoms with Gasteiger partial charge in [0.05, 0.1) is 6.61 Å². The third kappa shape index (κ3) is 3.10. The molecule has 2 N–H and O–H groups in total. The van der Waals surface area contributed by atoms with E-state index in [1.54, 1.807) is 4.90 Å². The van der Waals surface area contributed by atoms with Gasteiger partial charge in [-0.05, 0) is 13.8 Å². The molecule has 1 heterocycles. The Morgan fingerprint density at radius 2 is 2.40 bits per heavy atom. The quantitative estimate of drug-likeness (QED) is 0.718. The van der Waals surface area contributed by atoms with Crippen molar-refractivity contribution in [2.75, 3.05) is 18.9 Å². The van der Waals surface area contributed by atoms with E-state index in [0.29, 0.717) is 12.3 Å². The minimum atomic E-state index is -0.434. The fraction of sp³-hybridized carbons (Fsp3) is 0.778. The third-order valence-corrected chi connectivity index (χ3v) is 3.10. The number of carbonyl (C=O) groups is 2. The van der Waals surface area contributed by atoms with Crippen LogP contribution in [0.4, 0.5) is 4.79 Å². The number of rotatable bonds is 4. The monoisotopic (exact) mass is 232 g/mol. The summed E-state index contributed by atoms with van der Waals surface area (Å²) in [6.07, 6.45) is 0. The van der Waals surface area contributed by atoms with Crippen LogP contribution in [0.5, 0.6) is 0 Å². The highest BCUT2D eigenvalue weighted by Crippen LogP contribution is 2.15. The minimum absolute atomic E-state index is 0.0344. The zero-order chi connectivity index (χ0) is 11.4. The normalized spacial score (nSPS) is 20.5. The number of hydrogen-bond acceptors (Lipinski definition) is 4. The molecule has 1 unspecified atom stereocenters. The van der Waals surface area contributed by atoms with Gasteiger partial charge in [0.25, 0.3) is 5.24 Å². The Morgan fingerprint density at radius 1 is 1.73 bits per heavy atom. The van der Waals surface area contributed by atoms with E-state index >= 15 is 0 Å². The van der Waals surface area contributed by atoms with Gasteiger partial charge in [-0.2, -0.15) is 0 Å². The largest absolute Gasteiger partial charge is 0.395 e. The van der Waals surface area contributed by atoms with Crippen LogP contribution in [-0.4, -0.2) is 52.1 Å². The Balaban J connectivity index is 2.59. The Labute approximate surface area is 93.2 Å². The SMILES string of the molecule is CC(C)N(CCO)C(=O)C1CSC(=O)N1. The van der Waals surface area contributed by atoms with Crippen LogP contribution >= 0.6 is 11.8 Å². The van der Waals surface area contributed by atoms with Gasteiger partial charge in [-0.3, -0.25) is 9.59 Å². The first-order chi connectivity index (χ1) is 7.06. The molecule has 1 atom stereocenters. The summed E-state index contributed by atoms with van der Waals surface area (Å²) in [6.45, 7) is 4.03. The molecule has 0 saturated carbocycles. The van der Waals surface area contributed by atoms with Crippen LogP contribution in [0.25, 0.3) is 0 Å². The first-order valence-electron chi connectivity index (χ1n) is 4.91. The highest BCUT2D eigenvalue weighted by molar-refractivity contribution is 8.14. The second-order valence-corrected chi connectivity index (χ2v) is 4.64. The molecule has 0 aliphatic carbocycles. The van der Waals surface area contributed by atoms with Crippen LogP contribution in [0.2, 0.25) is 0 Å². The van der Waals surface area contributed by atoms with Gasteiger partial charge in [-0.15, -0.1) is 0 Å². The van der Waals surface area contributed by atoms with Crippen LogP contribution < -0.4 is 5.32 Å². The number of nitrogens with one attached hydrogen (secondary N) is 1. The molecule has 1 aliphatic rings. The van der Waals surface area contributed by atoms with E-state index in [-0.39, 0.29) is 23.8 Å². The molecule has 1 fully saturated rings. The molecule has 0 radical (unpaired) electrons. The average molecular weight is 232 g/mol. The lowest BCUT2D eigenvalue weighted by Gasteiger charge is -2.28. The van der Waals surface area contributed by atoms with Crippen LogP contribution in [0.3, 0.4) is 0 Å². The third-order valence-electron chi connectivity index (χ3n) is 2.22. The predicted molar refractivity (Wildman–Crippen MR) is 58.7 cm³/mol. The van der Waals surface area contributed by atoms with Crippen molar-refractivity contribution in [2.45, 2.75) is 25.9 Å². The highest BCUT2D eigenvalue weighted by atomic mass is 32.2. The molecule has 86 valence electrons. The maximum atomic E-state index is 11.9. The lowest BCUT2D eigenvalue weighted by molar-refractivity contribution is -0.134. The number of nitrogens with zero attached hydrogens (tertiary/aromatic N) is 1. The molecule has 2 amide bonds. The van der Waals surface area contributed by atoms with Crippen molar-refractivity contribution < 1.29 is 14.7 Å². The summed E-state index contributed by atoms with van der Waals surface area (Å²) in [4.78, 5) is 24.4. The predicted octanol–water partition coefficient (Wildman–Crippen LogP) is 0.0407. The minimum Gasteiger partial charge on any atom is -0.395 e. The van der Waals surface area contributed by atoms with Gasteiger partial charge in [0, 0.05) is 18.3 Å². The zero-order valence-corrected chi connectivity index (χ0v) is 9.71. The number of thioether (sulfide) groups is 1. The molecule has 1 aliphatic heterocycles. The van der Waals surface area contributed by atoms with Crippen molar-refractivity contribution in [3.63, 3.8) is 0 Å². The fourth-order valence-corrected chi connectivity index (χ4v) is 2.22. The van der Waals surface area contributed by atoms with E-state index in [9.17, 15) is 9.59 Å². The second-order valence-electron chi connectivity index (χ2n) is 3.64. The summed E-state index contributed by atoms with van der Waals surface area (Å²) in [5.41, 5.74) is 0. The standard InChI is InChI=1S/C9H16N2O3S/c1-6(2)11(3-4-12)8(13)7-5-15-9(14)10-7/h6-7,12H,3-5H2,1-2H3,(H,10,14). The summed E-state index contributed by atoms with van der Waals surface area (Å²) in [5, 5.41) is 11.3. The van der Waals surface area contributed by atoms with E-state index in [4.69, 9.17) is 5.11 Å². The molecular weight excluding hydrogens is 216 g/mol. The van der Waals surface area contributed by atoms with Crippen molar-refractivity contribution in [3.05, 3.63) is 0 Å². The van der Waals surface area contributed by atoms with Crippen molar-refractivity contribution in [1.29, 1.82) is 0 Å². The molecule has 5 nitrogen and oxygen atoms in total. The highest BCUT2D eigenvalue weighted by Gasteiger charge is 2.32. The van der Waals surface area contributed by atoms with E-state index in [2.05, 4.69) is 5.32 Å². The second kappa shape index (κ2) is 5.37. The molecule has 0 aromatic carbocycles. The number of amides is 2. The van der Waals surface area contributed by atoms with Crippen LogP contribution in [0.15, 0.2) is 0 Å².